The molecule has 0 bridgehead atoms. The maximum absolute atomic E-state index is 13.0. The van der Waals surface area contributed by atoms with Gasteiger partial charge in [0, 0.05) is 5.69 Å². The quantitative estimate of drug-likeness (QED) is 0.860. The second-order valence-electron chi connectivity index (χ2n) is 5.55. The Hall–Kier alpha value is -2.66. The van der Waals surface area contributed by atoms with Crippen molar-refractivity contribution in [3.63, 3.8) is 0 Å². The molecule has 0 aliphatic carbocycles. The first-order chi connectivity index (χ1) is 11.4. The van der Waals surface area contributed by atoms with E-state index in [1.807, 2.05) is 32.0 Å². The Balaban J connectivity index is 1.93. The summed E-state index contributed by atoms with van der Waals surface area (Å²) in [4.78, 5) is 25.8. The van der Waals surface area contributed by atoms with E-state index in [2.05, 4.69) is 5.32 Å². The number of carbonyl (C=O) groups is 2. The SMILES string of the molecule is Cc1ccc(NC2=C(Cl)C(=O)N(c3ccc(F)cc3)C2=O)c(C)c1. The van der Waals surface area contributed by atoms with E-state index in [4.69, 9.17) is 11.6 Å². The van der Waals surface area contributed by atoms with Gasteiger partial charge in [-0.2, -0.15) is 0 Å². The van der Waals surface area contributed by atoms with Crippen LogP contribution in [0.5, 0.6) is 0 Å². The molecule has 3 rings (SSSR count). The summed E-state index contributed by atoms with van der Waals surface area (Å²) in [6.45, 7) is 3.85. The lowest BCUT2D eigenvalue weighted by atomic mass is 10.1. The van der Waals surface area contributed by atoms with Crippen molar-refractivity contribution >= 4 is 34.8 Å². The molecule has 0 atom stereocenters. The van der Waals surface area contributed by atoms with E-state index >= 15 is 0 Å². The highest BCUT2D eigenvalue weighted by Crippen LogP contribution is 2.31. The summed E-state index contributed by atoms with van der Waals surface area (Å²) in [6, 6.07) is 10.7. The van der Waals surface area contributed by atoms with Crippen LogP contribution in [-0.4, -0.2) is 11.8 Å². The van der Waals surface area contributed by atoms with E-state index in [0.29, 0.717) is 5.69 Å². The van der Waals surface area contributed by atoms with Gasteiger partial charge < -0.3 is 5.32 Å². The van der Waals surface area contributed by atoms with Crippen molar-refractivity contribution in [2.24, 2.45) is 0 Å². The summed E-state index contributed by atoms with van der Waals surface area (Å²) < 4.78 is 13.0. The predicted molar refractivity (Wildman–Crippen MR) is 91.3 cm³/mol. The molecule has 2 aromatic carbocycles. The van der Waals surface area contributed by atoms with Gasteiger partial charge in [-0.1, -0.05) is 29.3 Å². The number of hydrogen-bond donors (Lipinski definition) is 1. The molecule has 24 heavy (non-hydrogen) atoms. The van der Waals surface area contributed by atoms with Gasteiger partial charge in [0.15, 0.2) is 0 Å². The number of carbonyl (C=O) groups excluding carboxylic acids is 2. The lowest BCUT2D eigenvalue weighted by Crippen LogP contribution is -2.32. The second-order valence-corrected chi connectivity index (χ2v) is 5.93. The lowest BCUT2D eigenvalue weighted by molar-refractivity contribution is -0.120. The molecule has 0 radical (unpaired) electrons. The van der Waals surface area contributed by atoms with Gasteiger partial charge in [-0.25, -0.2) is 9.29 Å². The number of rotatable bonds is 3. The Morgan fingerprint density at radius 2 is 1.67 bits per heavy atom. The fourth-order valence-electron chi connectivity index (χ4n) is 2.52. The van der Waals surface area contributed by atoms with E-state index in [1.165, 1.54) is 24.3 Å². The number of benzene rings is 2. The predicted octanol–water partition coefficient (Wildman–Crippen LogP) is 3.88. The summed E-state index contributed by atoms with van der Waals surface area (Å²) in [5.41, 5.74) is 2.98. The molecular weight excluding hydrogens is 331 g/mol. The van der Waals surface area contributed by atoms with Crippen LogP contribution in [0.15, 0.2) is 53.2 Å². The fraction of sp³-hybridized carbons (Fsp3) is 0.111. The minimum absolute atomic E-state index is 0.0120. The van der Waals surface area contributed by atoms with Gasteiger partial charge in [0.1, 0.15) is 16.5 Å². The summed E-state index contributed by atoms with van der Waals surface area (Å²) >= 11 is 6.06. The summed E-state index contributed by atoms with van der Waals surface area (Å²) in [7, 11) is 0. The van der Waals surface area contributed by atoms with Gasteiger partial charge in [0.2, 0.25) is 0 Å². The number of nitrogens with one attached hydrogen (secondary N) is 1. The van der Waals surface area contributed by atoms with Crippen LogP contribution in [0.3, 0.4) is 0 Å². The fourth-order valence-corrected chi connectivity index (χ4v) is 2.74. The van der Waals surface area contributed by atoms with Crippen LogP contribution in [-0.2, 0) is 9.59 Å². The number of imide groups is 1. The zero-order valence-corrected chi connectivity index (χ0v) is 13.8. The molecule has 1 heterocycles. The molecule has 0 fully saturated rings. The standard InChI is InChI=1S/C18H14ClFN2O2/c1-10-3-8-14(11(2)9-10)21-16-15(19)17(23)22(18(16)24)13-6-4-12(20)5-7-13/h3-9,21H,1-2H3. The monoisotopic (exact) mass is 344 g/mol. The van der Waals surface area contributed by atoms with Crippen molar-refractivity contribution in [2.45, 2.75) is 13.8 Å². The number of aryl methyl sites for hydroxylation is 2. The van der Waals surface area contributed by atoms with Crippen LogP contribution in [0, 0.1) is 19.7 Å². The first kappa shape index (κ1) is 16.2. The minimum Gasteiger partial charge on any atom is -0.349 e. The summed E-state index contributed by atoms with van der Waals surface area (Å²) in [5.74, 6) is -1.66. The van der Waals surface area contributed by atoms with Gasteiger partial charge in [0.05, 0.1) is 5.69 Å². The van der Waals surface area contributed by atoms with Crippen molar-refractivity contribution in [1.29, 1.82) is 0 Å². The Morgan fingerprint density at radius 1 is 1.00 bits per heavy atom. The molecule has 0 unspecified atom stereocenters. The van der Waals surface area contributed by atoms with Crippen molar-refractivity contribution in [3.05, 3.63) is 70.1 Å². The van der Waals surface area contributed by atoms with Crippen molar-refractivity contribution in [3.8, 4) is 0 Å². The minimum atomic E-state index is -0.638. The molecule has 0 spiro atoms. The van der Waals surface area contributed by atoms with Crippen LogP contribution in [0.25, 0.3) is 0 Å². The molecule has 6 heteroatoms. The molecule has 1 aliphatic heterocycles. The Morgan fingerprint density at radius 3 is 2.29 bits per heavy atom. The zero-order chi connectivity index (χ0) is 17.4. The molecule has 122 valence electrons. The average molecular weight is 345 g/mol. The van der Waals surface area contributed by atoms with E-state index in [0.717, 1.165) is 16.0 Å². The number of halogens is 2. The highest BCUT2D eigenvalue weighted by molar-refractivity contribution is 6.53. The second kappa shape index (κ2) is 6.09. The first-order valence-electron chi connectivity index (χ1n) is 7.27. The van der Waals surface area contributed by atoms with Gasteiger partial charge in [-0.3, -0.25) is 9.59 Å². The smallest absolute Gasteiger partial charge is 0.283 e. The van der Waals surface area contributed by atoms with E-state index in [1.54, 1.807) is 0 Å². The van der Waals surface area contributed by atoms with Gasteiger partial charge >= 0.3 is 0 Å². The van der Waals surface area contributed by atoms with Gasteiger partial charge in [0.25, 0.3) is 11.8 Å². The molecular formula is C18H14ClFN2O2. The molecule has 4 nitrogen and oxygen atoms in total. The van der Waals surface area contributed by atoms with Crippen LogP contribution in [0.4, 0.5) is 15.8 Å². The number of anilines is 2. The van der Waals surface area contributed by atoms with Gasteiger partial charge in [-0.05, 0) is 49.7 Å². The van der Waals surface area contributed by atoms with E-state index < -0.39 is 17.6 Å². The molecule has 0 aromatic heterocycles. The Labute approximate surface area is 143 Å². The third-order valence-corrected chi connectivity index (χ3v) is 4.10. The Bertz CT molecular complexity index is 875. The lowest BCUT2D eigenvalue weighted by Gasteiger charge is -2.15. The summed E-state index contributed by atoms with van der Waals surface area (Å²) in [6.07, 6.45) is 0. The summed E-state index contributed by atoms with van der Waals surface area (Å²) in [5, 5.41) is 2.75. The van der Waals surface area contributed by atoms with Crippen molar-refractivity contribution in [1.82, 2.24) is 0 Å². The molecule has 2 amide bonds. The topological polar surface area (TPSA) is 49.4 Å². The average Bonchev–Trinajstić information content (AvgIpc) is 2.74. The number of hydrogen-bond acceptors (Lipinski definition) is 3. The zero-order valence-electron chi connectivity index (χ0n) is 13.1. The van der Waals surface area contributed by atoms with Crippen LogP contribution >= 0.6 is 11.6 Å². The maximum Gasteiger partial charge on any atom is 0.283 e. The molecule has 0 saturated heterocycles. The van der Waals surface area contributed by atoms with Crippen molar-refractivity contribution < 1.29 is 14.0 Å². The van der Waals surface area contributed by atoms with E-state index in [-0.39, 0.29) is 16.4 Å². The van der Waals surface area contributed by atoms with Crippen LogP contribution < -0.4 is 10.2 Å². The molecule has 1 aliphatic rings. The third-order valence-electron chi connectivity index (χ3n) is 3.75. The van der Waals surface area contributed by atoms with Crippen molar-refractivity contribution in [2.75, 3.05) is 10.2 Å². The first-order valence-corrected chi connectivity index (χ1v) is 7.64. The molecule has 0 saturated carbocycles. The van der Waals surface area contributed by atoms with Gasteiger partial charge in [-0.15, -0.1) is 0 Å². The van der Waals surface area contributed by atoms with E-state index in [9.17, 15) is 14.0 Å². The van der Waals surface area contributed by atoms with Crippen LogP contribution in [0.2, 0.25) is 0 Å². The maximum atomic E-state index is 13.0. The molecule has 1 N–H and O–H groups in total. The molecule has 2 aromatic rings. The largest absolute Gasteiger partial charge is 0.349 e. The normalized spacial score (nSPS) is 14.6. The highest BCUT2D eigenvalue weighted by atomic mass is 35.5. The third kappa shape index (κ3) is 2.78. The highest BCUT2D eigenvalue weighted by Gasteiger charge is 2.39. The van der Waals surface area contributed by atoms with Crippen LogP contribution in [0.1, 0.15) is 11.1 Å². The number of amides is 2. The Kier molecular flexibility index (Phi) is 4.11. The number of nitrogens with zero attached hydrogens (tertiary/aromatic N) is 1.